The summed E-state index contributed by atoms with van der Waals surface area (Å²) in [5.41, 5.74) is 3.58. The van der Waals surface area contributed by atoms with Gasteiger partial charge in [0.25, 0.3) is 0 Å². The minimum atomic E-state index is -0.446. The van der Waals surface area contributed by atoms with Gasteiger partial charge in [0, 0.05) is 6.92 Å². The molecule has 0 heterocycles. The van der Waals surface area contributed by atoms with Crippen molar-refractivity contribution in [3.05, 3.63) is 0 Å². The van der Waals surface area contributed by atoms with E-state index in [1.54, 1.807) is 6.92 Å². The van der Waals surface area contributed by atoms with E-state index in [1.807, 2.05) is 0 Å². The molecule has 0 unspecified atom stereocenters. The van der Waals surface area contributed by atoms with Gasteiger partial charge in [-0.25, -0.2) is 4.79 Å². The molecule has 13 heavy (non-hydrogen) atoms. The van der Waals surface area contributed by atoms with Crippen molar-refractivity contribution >= 4 is 22.8 Å². The SMILES string of the molecule is CCOC(=O)[C@@H]([NH3+])CSC(C)=O.[Cl-]. The van der Waals surface area contributed by atoms with Crippen molar-refractivity contribution in [2.45, 2.75) is 19.9 Å². The van der Waals surface area contributed by atoms with Gasteiger partial charge in [0.2, 0.25) is 0 Å². The molecule has 0 rings (SSSR count). The van der Waals surface area contributed by atoms with Crippen molar-refractivity contribution in [1.29, 1.82) is 0 Å². The van der Waals surface area contributed by atoms with Crippen LogP contribution in [0.4, 0.5) is 0 Å². The molecule has 0 aliphatic heterocycles. The highest BCUT2D eigenvalue weighted by molar-refractivity contribution is 8.13. The van der Waals surface area contributed by atoms with Gasteiger partial charge in [0.1, 0.15) is 0 Å². The van der Waals surface area contributed by atoms with Crippen LogP contribution in [0.25, 0.3) is 0 Å². The predicted molar refractivity (Wildman–Crippen MR) is 46.4 cm³/mol. The van der Waals surface area contributed by atoms with Gasteiger partial charge in [0.05, 0.1) is 12.4 Å². The molecule has 0 bridgehead atoms. The lowest BCUT2D eigenvalue weighted by Crippen LogP contribution is -3.00. The van der Waals surface area contributed by atoms with E-state index in [1.165, 1.54) is 6.92 Å². The quantitative estimate of drug-likeness (QED) is 0.505. The van der Waals surface area contributed by atoms with Crippen LogP contribution in [0.3, 0.4) is 0 Å². The summed E-state index contributed by atoms with van der Waals surface area (Å²) in [6.45, 7) is 3.56. The van der Waals surface area contributed by atoms with Gasteiger partial charge in [-0.3, -0.25) is 4.79 Å². The maximum Gasteiger partial charge on any atom is 0.365 e. The topological polar surface area (TPSA) is 71.0 Å². The Morgan fingerprint density at radius 2 is 2.08 bits per heavy atom. The highest BCUT2D eigenvalue weighted by Gasteiger charge is 2.18. The molecule has 0 aliphatic rings. The van der Waals surface area contributed by atoms with E-state index < -0.39 is 6.04 Å². The molecule has 0 aromatic heterocycles. The number of carbonyl (C=O) groups excluding carboxylic acids is 2. The largest absolute Gasteiger partial charge is 1.00 e. The van der Waals surface area contributed by atoms with E-state index >= 15 is 0 Å². The fraction of sp³-hybridized carbons (Fsp3) is 0.714. The number of hydrogen-bond acceptors (Lipinski definition) is 4. The molecular weight excluding hydrogens is 214 g/mol. The van der Waals surface area contributed by atoms with Crippen molar-refractivity contribution in [2.24, 2.45) is 0 Å². The van der Waals surface area contributed by atoms with E-state index in [4.69, 9.17) is 4.74 Å². The molecule has 0 amide bonds. The number of halogens is 1. The normalized spacial score (nSPS) is 11.3. The second kappa shape index (κ2) is 8.34. The molecule has 0 aromatic carbocycles. The van der Waals surface area contributed by atoms with Crippen LogP contribution in [0.15, 0.2) is 0 Å². The van der Waals surface area contributed by atoms with E-state index in [0.29, 0.717) is 12.4 Å². The summed E-state index contributed by atoms with van der Waals surface area (Å²) in [6, 6.07) is -0.446. The van der Waals surface area contributed by atoms with Crippen molar-refractivity contribution in [2.75, 3.05) is 12.4 Å². The smallest absolute Gasteiger partial charge is 0.365 e. The summed E-state index contributed by atoms with van der Waals surface area (Å²) < 4.78 is 4.71. The Balaban J connectivity index is 0. The third kappa shape index (κ3) is 8.08. The molecule has 0 aromatic rings. The lowest BCUT2D eigenvalue weighted by Gasteiger charge is -2.05. The summed E-state index contributed by atoms with van der Waals surface area (Å²) in [5, 5.41) is -0.00653. The molecule has 3 N–H and O–H groups in total. The Morgan fingerprint density at radius 3 is 2.46 bits per heavy atom. The molecule has 4 nitrogen and oxygen atoms in total. The zero-order chi connectivity index (χ0) is 9.56. The molecule has 0 saturated heterocycles. The van der Waals surface area contributed by atoms with Crippen LogP contribution >= 0.6 is 11.8 Å². The standard InChI is InChI=1S/C7H13NO3S.ClH/c1-3-11-7(10)6(8)4-12-5(2)9;/h6H,3-4,8H2,1-2H3;1H/t6-;/m0./s1. The maximum atomic E-state index is 10.9. The van der Waals surface area contributed by atoms with Crippen molar-refractivity contribution in [3.63, 3.8) is 0 Å². The lowest BCUT2D eigenvalue weighted by atomic mass is 10.4. The molecule has 0 spiro atoms. The van der Waals surface area contributed by atoms with Crippen molar-refractivity contribution in [3.8, 4) is 0 Å². The second-order valence-corrected chi connectivity index (χ2v) is 3.45. The molecule has 0 fully saturated rings. The zero-order valence-electron chi connectivity index (χ0n) is 7.71. The number of carbonyl (C=O) groups is 2. The number of ether oxygens (including phenoxy) is 1. The molecule has 6 heteroatoms. The Bertz CT molecular complexity index is 177. The third-order valence-corrected chi connectivity index (χ3v) is 2.08. The number of thioether (sulfide) groups is 1. The van der Waals surface area contributed by atoms with Gasteiger partial charge in [0.15, 0.2) is 11.2 Å². The maximum absolute atomic E-state index is 10.9. The van der Waals surface area contributed by atoms with Crippen molar-refractivity contribution in [1.82, 2.24) is 0 Å². The first-order valence-electron chi connectivity index (χ1n) is 3.71. The van der Waals surface area contributed by atoms with Gasteiger partial charge in [-0.2, -0.15) is 0 Å². The summed E-state index contributed by atoms with van der Waals surface area (Å²) >= 11 is 1.09. The number of esters is 1. The summed E-state index contributed by atoms with van der Waals surface area (Å²) in [4.78, 5) is 21.5. The van der Waals surface area contributed by atoms with Crippen LogP contribution in [-0.2, 0) is 14.3 Å². The van der Waals surface area contributed by atoms with Gasteiger partial charge in [-0.1, -0.05) is 11.8 Å². The average molecular weight is 228 g/mol. The summed E-state index contributed by atoms with van der Waals surface area (Å²) in [7, 11) is 0. The van der Waals surface area contributed by atoms with Crippen LogP contribution in [0.1, 0.15) is 13.8 Å². The number of quaternary nitrogens is 1. The molecule has 0 aliphatic carbocycles. The summed E-state index contributed by atoms with van der Waals surface area (Å²) in [6.07, 6.45) is 0. The average Bonchev–Trinajstić information content (AvgIpc) is 2.00. The second-order valence-electron chi connectivity index (χ2n) is 2.25. The number of rotatable bonds is 4. The van der Waals surface area contributed by atoms with Crippen LogP contribution < -0.4 is 18.1 Å². The minimum Gasteiger partial charge on any atom is -1.00 e. The van der Waals surface area contributed by atoms with Gasteiger partial charge in [-0.15, -0.1) is 0 Å². The van der Waals surface area contributed by atoms with Crippen LogP contribution in [0.5, 0.6) is 0 Å². The Morgan fingerprint density at radius 1 is 1.54 bits per heavy atom. The monoisotopic (exact) mass is 227 g/mol. The Hall–Kier alpha value is -0.260. The first kappa shape index (κ1) is 15.2. The first-order valence-corrected chi connectivity index (χ1v) is 4.69. The van der Waals surface area contributed by atoms with E-state index in [0.717, 1.165) is 11.8 Å². The third-order valence-electron chi connectivity index (χ3n) is 1.11. The molecule has 78 valence electrons. The van der Waals surface area contributed by atoms with Crippen LogP contribution in [-0.4, -0.2) is 29.5 Å². The van der Waals surface area contributed by atoms with E-state index in [2.05, 4.69) is 5.73 Å². The molecular formula is C7H14ClNO3S. The Kier molecular flexibility index (Phi) is 9.77. The zero-order valence-corrected chi connectivity index (χ0v) is 9.28. The van der Waals surface area contributed by atoms with Crippen molar-refractivity contribution < 1.29 is 32.5 Å². The highest BCUT2D eigenvalue weighted by Crippen LogP contribution is 2.02. The highest BCUT2D eigenvalue weighted by atomic mass is 35.5. The first-order chi connectivity index (χ1) is 5.57. The predicted octanol–water partition coefficient (Wildman–Crippen LogP) is -3.56. The van der Waals surface area contributed by atoms with Gasteiger partial charge >= 0.3 is 5.97 Å². The summed E-state index contributed by atoms with van der Waals surface area (Å²) in [5.74, 6) is 0.0556. The fourth-order valence-corrected chi connectivity index (χ4v) is 1.12. The minimum absolute atomic E-state index is 0. The van der Waals surface area contributed by atoms with Gasteiger partial charge in [-0.05, 0) is 6.92 Å². The van der Waals surface area contributed by atoms with Gasteiger partial charge < -0.3 is 22.9 Å². The number of hydrogen-bond donors (Lipinski definition) is 1. The van der Waals surface area contributed by atoms with Crippen LogP contribution in [0, 0.1) is 0 Å². The van der Waals surface area contributed by atoms with Crippen LogP contribution in [0.2, 0.25) is 0 Å². The lowest BCUT2D eigenvalue weighted by molar-refractivity contribution is -0.401. The molecule has 0 saturated carbocycles. The van der Waals surface area contributed by atoms with E-state index in [-0.39, 0.29) is 23.5 Å². The fourth-order valence-electron chi connectivity index (χ4n) is 0.546. The molecule has 1 atom stereocenters. The molecule has 0 radical (unpaired) electrons. The van der Waals surface area contributed by atoms with E-state index in [9.17, 15) is 9.59 Å². The Labute approximate surface area is 88.0 Å².